The van der Waals surface area contributed by atoms with Crippen LogP contribution in [0, 0.1) is 6.92 Å². The minimum absolute atomic E-state index is 0.491. The number of hydrogen-bond donors (Lipinski definition) is 1. The zero-order valence-corrected chi connectivity index (χ0v) is 12.2. The predicted octanol–water partition coefficient (Wildman–Crippen LogP) is 3.77. The second-order valence-corrected chi connectivity index (χ2v) is 5.79. The van der Waals surface area contributed by atoms with E-state index in [9.17, 15) is 0 Å². The van der Waals surface area contributed by atoms with Crippen LogP contribution in [0.15, 0.2) is 16.7 Å². The summed E-state index contributed by atoms with van der Waals surface area (Å²) < 4.78 is 5.52. The van der Waals surface area contributed by atoms with Gasteiger partial charge in [0.15, 0.2) is 10.8 Å². The topological polar surface area (TPSA) is 38.1 Å². The smallest absolute Gasteiger partial charge is 0.165 e. The van der Waals surface area contributed by atoms with Crippen molar-refractivity contribution in [2.75, 3.05) is 0 Å². The predicted molar refractivity (Wildman–Crippen MR) is 75.9 cm³/mol. The Morgan fingerprint density at radius 2 is 2.22 bits per heavy atom. The van der Waals surface area contributed by atoms with Gasteiger partial charge in [-0.3, -0.25) is 0 Å². The molecule has 0 aliphatic heterocycles. The zero-order chi connectivity index (χ0) is 13.1. The molecule has 2 aromatic rings. The zero-order valence-electron chi connectivity index (χ0n) is 11.4. The van der Waals surface area contributed by atoms with Crippen LogP contribution >= 0.6 is 11.3 Å². The summed E-state index contributed by atoms with van der Waals surface area (Å²) in [6.07, 6.45) is 2.69. The van der Waals surface area contributed by atoms with Crippen LogP contribution in [-0.4, -0.2) is 11.0 Å². The highest BCUT2D eigenvalue weighted by Crippen LogP contribution is 2.31. The molecule has 0 amide bonds. The lowest BCUT2D eigenvalue weighted by Gasteiger charge is -2.06. The number of thiazole rings is 1. The quantitative estimate of drug-likeness (QED) is 0.893. The lowest BCUT2D eigenvalue weighted by atomic mass is 10.2. The number of nitrogens with zero attached hydrogens (tertiary/aromatic N) is 1. The number of rotatable bonds is 5. The van der Waals surface area contributed by atoms with E-state index in [1.165, 1.54) is 10.6 Å². The highest BCUT2D eigenvalue weighted by atomic mass is 32.1. The SMILES string of the molecule is CCc1nc(-c2occc2C)sc1CNC(C)C. The summed E-state index contributed by atoms with van der Waals surface area (Å²) in [7, 11) is 0. The summed E-state index contributed by atoms with van der Waals surface area (Å²) in [5.74, 6) is 0.908. The van der Waals surface area contributed by atoms with Gasteiger partial charge in [-0.25, -0.2) is 4.98 Å². The van der Waals surface area contributed by atoms with Crippen LogP contribution in [-0.2, 0) is 13.0 Å². The fourth-order valence-corrected chi connectivity index (χ4v) is 2.94. The normalized spacial score (nSPS) is 11.4. The van der Waals surface area contributed by atoms with Crippen LogP contribution in [0.5, 0.6) is 0 Å². The van der Waals surface area contributed by atoms with Gasteiger partial charge in [-0.2, -0.15) is 0 Å². The van der Waals surface area contributed by atoms with Crippen molar-refractivity contribution in [3.63, 3.8) is 0 Å². The molecule has 0 aliphatic rings. The van der Waals surface area contributed by atoms with E-state index in [0.717, 1.165) is 29.3 Å². The molecule has 0 saturated heterocycles. The van der Waals surface area contributed by atoms with Crippen molar-refractivity contribution in [1.29, 1.82) is 0 Å². The maximum absolute atomic E-state index is 5.52. The van der Waals surface area contributed by atoms with Crippen molar-refractivity contribution in [2.24, 2.45) is 0 Å². The Morgan fingerprint density at radius 3 is 2.78 bits per heavy atom. The third-order valence-electron chi connectivity index (χ3n) is 2.84. The van der Waals surface area contributed by atoms with Crippen LogP contribution in [0.1, 0.15) is 36.9 Å². The molecule has 1 N–H and O–H groups in total. The summed E-state index contributed by atoms with van der Waals surface area (Å²) in [5.41, 5.74) is 2.33. The van der Waals surface area contributed by atoms with Crippen molar-refractivity contribution in [1.82, 2.24) is 10.3 Å². The van der Waals surface area contributed by atoms with Crippen LogP contribution < -0.4 is 5.32 Å². The van der Waals surface area contributed by atoms with E-state index in [2.05, 4.69) is 33.0 Å². The van der Waals surface area contributed by atoms with Crippen molar-refractivity contribution < 1.29 is 4.42 Å². The maximum atomic E-state index is 5.52. The molecular formula is C14H20N2OS. The monoisotopic (exact) mass is 264 g/mol. The Morgan fingerprint density at radius 1 is 1.44 bits per heavy atom. The maximum Gasteiger partial charge on any atom is 0.165 e. The second-order valence-electron chi connectivity index (χ2n) is 4.71. The van der Waals surface area contributed by atoms with Crippen molar-refractivity contribution in [2.45, 2.75) is 46.7 Å². The number of hydrogen-bond acceptors (Lipinski definition) is 4. The van der Waals surface area contributed by atoms with Gasteiger partial charge in [0.05, 0.1) is 12.0 Å². The van der Waals surface area contributed by atoms with Gasteiger partial charge in [0, 0.05) is 17.5 Å². The third kappa shape index (κ3) is 2.82. The highest BCUT2D eigenvalue weighted by Gasteiger charge is 2.15. The summed E-state index contributed by atoms with van der Waals surface area (Å²) in [4.78, 5) is 6.01. The molecule has 0 unspecified atom stereocenters. The molecule has 98 valence electrons. The Hall–Kier alpha value is -1.13. The molecule has 0 radical (unpaired) electrons. The average molecular weight is 264 g/mol. The number of aryl methyl sites for hydroxylation is 2. The van der Waals surface area contributed by atoms with E-state index in [0.29, 0.717) is 6.04 Å². The first-order valence-corrected chi connectivity index (χ1v) is 7.19. The van der Waals surface area contributed by atoms with Crippen LogP contribution in [0.4, 0.5) is 0 Å². The molecule has 4 heteroatoms. The van der Waals surface area contributed by atoms with Crippen molar-refractivity contribution in [3.8, 4) is 10.8 Å². The van der Waals surface area contributed by atoms with E-state index in [1.807, 2.05) is 6.07 Å². The van der Waals surface area contributed by atoms with Crippen LogP contribution in [0.3, 0.4) is 0 Å². The molecule has 0 fully saturated rings. The van der Waals surface area contributed by atoms with Gasteiger partial charge < -0.3 is 9.73 Å². The second kappa shape index (κ2) is 5.67. The Kier molecular flexibility index (Phi) is 4.19. The van der Waals surface area contributed by atoms with Crippen LogP contribution in [0.25, 0.3) is 10.8 Å². The molecule has 0 spiro atoms. The summed E-state index contributed by atoms with van der Waals surface area (Å²) >= 11 is 1.73. The number of nitrogens with one attached hydrogen (secondary N) is 1. The molecule has 0 atom stereocenters. The molecule has 2 aromatic heterocycles. The molecule has 18 heavy (non-hydrogen) atoms. The van der Waals surface area contributed by atoms with E-state index < -0.39 is 0 Å². The molecule has 0 saturated carbocycles. The van der Waals surface area contributed by atoms with Crippen molar-refractivity contribution in [3.05, 3.63) is 28.5 Å². The van der Waals surface area contributed by atoms with Gasteiger partial charge >= 0.3 is 0 Å². The minimum atomic E-state index is 0.491. The first kappa shape index (κ1) is 13.3. The van der Waals surface area contributed by atoms with Gasteiger partial charge in [0.2, 0.25) is 0 Å². The van der Waals surface area contributed by atoms with E-state index >= 15 is 0 Å². The van der Waals surface area contributed by atoms with E-state index in [-0.39, 0.29) is 0 Å². The molecule has 0 aliphatic carbocycles. The van der Waals surface area contributed by atoms with Gasteiger partial charge in [0.1, 0.15) is 0 Å². The first-order valence-electron chi connectivity index (χ1n) is 6.38. The average Bonchev–Trinajstić information content (AvgIpc) is 2.91. The third-order valence-corrected chi connectivity index (χ3v) is 3.94. The van der Waals surface area contributed by atoms with Crippen molar-refractivity contribution >= 4 is 11.3 Å². The number of furan rings is 1. The van der Waals surface area contributed by atoms with Gasteiger partial charge in [-0.15, -0.1) is 11.3 Å². The fourth-order valence-electron chi connectivity index (χ4n) is 1.78. The summed E-state index contributed by atoms with van der Waals surface area (Å²) in [6, 6.07) is 2.47. The van der Waals surface area contributed by atoms with Crippen LogP contribution in [0.2, 0.25) is 0 Å². The highest BCUT2D eigenvalue weighted by molar-refractivity contribution is 7.15. The Labute approximate surface area is 112 Å². The molecular weight excluding hydrogens is 244 g/mol. The molecule has 0 aromatic carbocycles. The molecule has 3 nitrogen and oxygen atoms in total. The lowest BCUT2D eigenvalue weighted by molar-refractivity contribution is 0.580. The van der Waals surface area contributed by atoms with E-state index in [1.54, 1.807) is 17.6 Å². The Bertz CT molecular complexity index is 514. The Balaban J connectivity index is 2.26. The van der Waals surface area contributed by atoms with E-state index in [4.69, 9.17) is 9.40 Å². The largest absolute Gasteiger partial charge is 0.462 e. The van der Waals surface area contributed by atoms with Gasteiger partial charge in [-0.05, 0) is 25.0 Å². The van der Waals surface area contributed by atoms with Gasteiger partial charge in [-0.1, -0.05) is 20.8 Å². The summed E-state index contributed by atoms with van der Waals surface area (Å²) in [6.45, 7) is 9.40. The summed E-state index contributed by atoms with van der Waals surface area (Å²) in [5, 5.41) is 4.44. The van der Waals surface area contributed by atoms with Gasteiger partial charge in [0.25, 0.3) is 0 Å². The minimum Gasteiger partial charge on any atom is -0.462 e. The fraction of sp³-hybridized carbons (Fsp3) is 0.500. The molecule has 2 heterocycles. The standard InChI is InChI=1S/C14H20N2OS/c1-5-11-12(8-15-9(2)3)18-14(16-11)13-10(4)6-7-17-13/h6-7,9,15H,5,8H2,1-4H3. The molecule has 0 bridgehead atoms. The number of aromatic nitrogens is 1. The molecule has 2 rings (SSSR count). The lowest BCUT2D eigenvalue weighted by Crippen LogP contribution is -2.21. The first-order chi connectivity index (χ1) is 8.61.